The normalized spacial score (nSPS) is 10.6. The van der Waals surface area contributed by atoms with Gasteiger partial charge >= 0.3 is 0 Å². The highest BCUT2D eigenvalue weighted by Crippen LogP contribution is 2.15. The fraction of sp³-hybridized carbons (Fsp3) is 0.629. The summed E-state index contributed by atoms with van der Waals surface area (Å²) < 4.78 is 3.38. The lowest BCUT2D eigenvalue weighted by atomic mass is 10.0. The van der Waals surface area contributed by atoms with E-state index in [-0.39, 0.29) is 17.0 Å². The molecule has 0 aliphatic carbocycles. The van der Waals surface area contributed by atoms with E-state index in [0.29, 0.717) is 0 Å². The Morgan fingerprint density at radius 3 is 1.24 bits per heavy atom. The summed E-state index contributed by atoms with van der Waals surface area (Å²) in [6.07, 6.45) is 33.0. The van der Waals surface area contributed by atoms with Crippen LogP contribution in [-0.4, -0.2) is 0 Å². The van der Waals surface area contributed by atoms with Gasteiger partial charge in [0.15, 0.2) is 12.4 Å². The van der Waals surface area contributed by atoms with Crippen molar-refractivity contribution in [3.05, 3.63) is 64.4 Å². The summed E-state index contributed by atoms with van der Waals surface area (Å²) >= 11 is 3.46. The monoisotopic (exact) mass is 645 g/mol. The molecule has 1 aromatic heterocycles. The second-order valence-electron chi connectivity index (χ2n) is 10.8. The van der Waals surface area contributed by atoms with E-state index < -0.39 is 0 Å². The molecule has 0 fully saturated rings. The van der Waals surface area contributed by atoms with E-state index in [4.69, 9.17) is 0 Å². The molecule has 1 heterocycles. The molecule has 38 heavy (non-hydrogen) atoms. The van der Waals surface area contributed by atoms with E-state index in [1.165, 1.54) is 128 Å². The van der Waals surface area contributed by atoms with E-state index in [1.807, 2.05) is 24.3 Å². The number of pyridine rings is 1. The van der Waals surface area contributed by atoms with Crippen LogP contribution in [0.15, 0.2) is 53.3 Å². The minimum atomic E-state index is 0. The minimum absolute atomic E-state index is 0. The van der Waals surface area contributed by atoms with Crippen LogP contribution in [0.5, 0.6) is 0 Å². The quantitative estimate of drug-likeness (QED) is 0.0736. The largest absolute Gasteiger partial charge is 1.00 e. The summed E-state index contributed by atoms with van der Waals surface area (Å²) in [5.41, 5.74) is 2.12. The van der Waals surface area contributed by atoms with Crippen LogP contribution in [0.4, 0.5) is 0 Å². The lowest BCUT2D eigenvalue weighted by Crippen LogP contribution is -3.00. The zero-order valence-electron chi connectivity index (χ0n) is 24.2. The number of benzene rings is 1. The van der Waals surface area contributed by atoms with E-state index in [2.05, 4.69) is 63.8 Å². The van der Waals surface area contributed by atoms with E-state index >= 15 is 0 Å². The Labute approximate surface area is 254 Å². The minimum Gasteiger partial charge on any atom is -1.00 e. The van der Waals surface area contributed by atoms with Gasteiger partial charge in [0.05, 0.1) is 0 Å². The predicted octanol–water partition coefficient (Wildman–Crippen LogP) is 7.96. The van der Waals surface area contributed by atoms with Gasteiger partial charge in [0, 0.05) is 34.2 Å². The Kier molecular flexibility index (Phi) is 22.9. The van der Waals surface area contributed by atoms with Crippen molar-refractivity contribution in [3.63, 3.8) is 0 Å². The van der Waals surface area contributed by atoms with Gasteiger partial charge in [-0.2, -0.15) is 0 Å². The lowest BCUT2D eigenvalue weighted by Gasteiger charge is -2.04. The second-order valence-corrected chi connectivity index (χ2v) is 11.7. The van der Waals surface area contributed by atoms with Crippen molar-refractivity contribution in [3.8, 4) is 11.8 Å². The number of halogens is 2. The van der Waals surface area contributed by atoms with Crippen LogP contribution in [0.2, 0.25) is 0 Å². The van der Waals surface area contributed by atoms with Crippen LogP contribution in [0.3, 0.4) is 0 Å². The molecule has 0 amide bonds. The zero-order valence-corrected chi connectivity index (χ0v) is 27.3. The molecule has 0 spiro atoms. The molecule has 0 aliphatic rings. The standard InChI is InChI=1S/C35H53BrN.BrH/c1-2-3-4-5-6-7-8-9-10-11-12-13-14-15-16-17-18-19-20-21-30-37-31-28-34(29-32-37)23-22-33-24-26-35(36)27-25-33;/h24-29,31-32H,2-21,30H2,1H3;1H/q+1;/p-1. The fourth-order valence-corrected chi connectivity index (χ4v) is 5.18. The zero-order chi connectivity index (χ0) is 26.2. The summed E-state index contributed by atoms with van der Waals surface area (Å²) in [4.78, 5) is 0. The van der Waals surface area contributed by atoms with Crippen molar-refractivity contribution in [1.29, 1.82) is 0 Å². The van der Waals surface area contributed by atoms with E-state index in [9.17, 15) is 0 Å². The average Bonchev–Trinajstić information content (AvgIpc) is 2.92. The third-order valence-electron chi connectivity index (χ3n) is 7.36. The Balaban J connectivity index is 0.00000722. The maximum absolute atomic E-state index is 3.46. The Bertz CT molecular complexity index is 848. The van der Waals surface area contributed by atoms with Crippen molar-refractivity contribution in [2.75, 3.05) is 0 Å². The van der Waals surface area contributed by atoms with Gasteiger partial charge in [-0.1, -0.05) is 150 Å². The summed E-state index contributed by atoms with van der Waals surface area (Å²) in [5.74, 6) is 6.49. The summed E-state index contributed by atoms with van der Waals surface area (Å²) in [5, 5.41) is 0. The number of unbranched alkanes of at least 4 members (excludes halogenated alkanes) is 19. The van der Waals surface area contributed by atoms with Crippen LogP contribution in [-0.2, 0) is 6.54 Å². The first-order valence-electron chi connectivity index (χ1n) is 15.5. The van der Waals surface area contributed by atoms with Crippen LogP contribution >= 0.6 is 15.9 Å². The van der Waals surface area contributed by atoms with Crippen molar-refractivity contribution >= 4 is 15.9 Å². The number of aromatic nitrogens is 1. The fourth-order valence-electron chi connectivity index (χ4n) is 4.92. The Hall–Kier alpha value is -1.11. The van der Waals surface area contributed by atoms with Crippen LogP contribution in [0.25, 0.3) is 0 Å². The molecule has 0 unspecified atom stereocenters. The van der Waals surface area contributed by atoms with Crippen molar-refractivity contribution < 1.29 is 21.5 Å². The molecular formula is C35H53Br2N. The summed E-state index contributed by atoms with van der Waals surface area (Å²) in [6.45, 7) is 3.41. The molecule has 1 nitrogen and oxygen atoms in total. The van der Waals surface area contributed by atoms with Gasteiger partial charge in [0.1, 0.15) is 6.54 Å². The highest BCUT2D eigenvalue weighted by molar-refractivity contribution is 9.10. The molecule has 3 heteroatoms. The third kappa shape index (κ3) is 19.0. The number of aryl methyl sites for hydroxylation is 1. The predicted molar refractivity (Wildman–Crippen MR) is 165 cm³/mol. The van der Waals surface area contributed by atoms with Crippen LogP contribution < -0.4 is 21.5 Å². The van der Waals surface area contributed by atoms with Gasteiger partial charge in [-0.3, -0.25) is 0 Å². The molecule has 0 saturated heterocycles. The molecule has 0 saturated carbocycles. The highest BCUT2D eigenvalue weighted by Gasteiger charge is 2.01. The van der Waals surface area contributed by atoms with Gasteiger partial charge in [-0.25, -0.2) is 4.57 Å². The Morgan fingerprint density at radius 2 is 0.842 bits per heavy atom. The molecule has 0 aliphatic heterocycles. The van der Waals surface area contributed by atoms with Gasteiger partial charge in [-0.05, 0) is 30.7 Å². The smallest absolute Gasteiger partial charge is 0.170 e. The summed E-state index contributed by atoms with van der Waals surface area (Å²) in [6, 6.07) is 12.4. The maximum Gasteiger partial charge on any atom is 0.170 e. The van der Waals surface area contributed by atoms with Gasteiger partial charge < -0.3 is 17.0 Å². The molecule has 2 rings (SSSR count). The van der Waals surface area contributed by atoms with Crippen LogP contribution in [0.1, 0.15) is 146 Å². The van der Waals surface area contributed by atoms with Gasteiger partial charge in [0.2, 0.25) is 0 Å². The maximum atomic E-state index is 3.46. The first-order chi connectivity index (χ1) is 18.3. The van der Waals surface area contributed by atoms with Crippen LogP contribution in [0, 0.1) is 11.8 Å². The highest BCUT2D eigenvalue weighted by atomic mass is 79.9. The van der Waals surface area contributed by atoms with Crippen molar-refractivity contribution in [1.82, 2.24) is 0 Å². The molecule has 0 bridgehead atoms. The SMILES string of the molecule is CCCCCCCCCCCCCCCCCCCCCC[n+]1ccc(C#Cc2ccc(Br)cc2)cc1.[Br-]. The number of hydrogen-bond acceptors (Lipinski definition) is 0. The summed E-state index contributed by atoms with van der Waals surface area (Å²) in [7, 11) is 0. The molecule has 0 radical (unpaired) electrons. The Morgan fingerprint density at radius 1 is 0.500 bits per heavy atom. The molecular weight excluding hydrogens is 594 g/mol. The van der Waals surface area contributed by atoms with E-state index in [0.717, 1.165) is 22.1 Å². The molecule has 0 N–H and O–H groups in total. The lowest BCUT2D eigenvalue weighted by molar-refractivity contribution is -0.697. The molecule has 2 aromatic rings. The number of nitrogens with zero attached hydrogens (tertiary/aromatic N) is 1. The average molecular weight is 648 g/mol. The third-order valence-corrected chi connectivity index (χ3v) is 7.89. The van der Waals surface area contributed by atoms with E-state index in [1.54, 1.807) is 0 Å². The second kappa shape index (κ2) is 24.9. The molecule has 212 valence electrons. The van der Waals surface area contributed by atoms with Crippen molar-refractivity contribution in [2.24, 2.45) is 0 Å². The molecule has 1 aromatic carbocycles. The number of rotatable bonds is 21. The number of hydrogen-bond donors (Lipinski definition) is 0. The first-order valence-corrected chi connectivity index (χ1v) is 16.3. The molecule has 0 atom stereocenters. The van der Waals surface area contributed by atoms with Gasteiger partial charge in [0.25, 0.3) is 0 Å². The van der Waals surface area contributed by atoms with Crippen molar-refractivity contribution in [2.45, 2.75) is 142 Å². The topological polar surface area (TPSA) is 3.88 Å². The van der Waals surface area contributed by atoms with Gasteiger partial charge in [-0.15, -0.1) is 0 Å². The first kappa shape index (κ1) is 34.9.